The van der Waals surface area contributed by atoms with Gasteiger partial charge in [0.05, 0.1) is 31.2 Å². The van der Waals surface area contributed by atoms with Gasteiger partial charge in [0.1, 0.15) is 35.1 Å². The van der Waals surface area contributed by atoms with Crippen LogP contribution in [0.2, 0.25) is 0 Å². The lowest BCUT2D eigenvalue weighted by atomic mass is 10.1. The van der Waals surface area contributed by atoms with E-state index in [1.807, 2.05) is 60.7 Å². The first-order valence-corrected chi connectivity index (χ1v) is 20.8. The fraction of sp³-hybridized carbons (Fsp3) is 0.488. The van der Waals surface area contributed by atoms with Crippen LogP contribution in [-0.2, 0) is 33.9 Å². The van der Waals surface area contributed by atoms with Gasteiger partial charge in [-0.2, -0.15) is 0 Å². The van der Waals surface area contributed by atoms with Gasteiger partial charge < -0.3 is 34.5 Å². The Morgan fingerprint density at radius 3 is 2.56 bits per heavy atom. The first kappa shape index (κ1) is 40.0. The van der Waals surface area contributed by atoms with Crippen LogP contribution in [0.3, 0.4) is 0 Å². The zero-order chi connectivity index (χ0) is 40.5. The summed E-state index contributed by atoms with van der Waals surface area (Å²) in [6, 6.07) is 14.5. The predicted octanol–water partition coefficient (Wildman–Crippen LogP) is 4.00. The molecule has 16 heteroatoms. The number of pyridine rings is 1. The van der Waals surface area contributed by atoms with Crippen molar-refractivity contribution in [2.24, 2.45) is 5.92 Å². The number of methoxy groups -OCH3 is 1. The first-order chi connectivity index (χ1) is 27.2. The third-order valence-electron chi connectivity index (χ3n) is 10.5. The van der Waals surface area contributed by atoms with Crippen molar-refractivity contribution in [3.05, 3.63) is 66.7 Å². The molecule has 2 aliphatic carbocycles. The highest BCUT2D eigenvalue weighted by Gasteiger charge is 2.62. The molecule has 1 saturated heterocycles. The van der Waals surface area contributed by atoms with E-state index in [1.54, 1.807) is 33.9 Å². The lowest BCUT2D eigenvalue weighted by Gasteiger charge is -2.30. The molecule has 3 N–H and O–H groups in total. The minimum absolute atomic E-state index is 0.00887. The van der Waals surface area contributed by atoms with Crippen molar-refractivity contribution in [1.82, 2.24) is 25.2 Å². The van der Waals surface area contributed by atoms with Crippen LogP contribution in [0.5, 0.6) is 11.6 Å². The van der Waals surface area contributed by atoms with Crippen LogP contribution in [0.4, 0.5) is 4.79 Å². The molecule has 2 aliphatic heterocycles. The lowest BCUT2D eigenvalue weighted by Crippen LogP contribution is -2.59. The van der Waals surface area contributed by atoms with Gasteiger partial charge >= 0.3 is 6.09 Å². The van der Waals surface area contributed by atoms with Crippen LogP contribution in [-0.4, -0.2) is 104 Å². The third-order valence-corrected chi connectivity index (χ3v) is 12.3. The van der Waals surface area contributed by atoms with Crippen molar-refractivity contribution >= 4 is 44.6 Å². The maximum absolute atomic E-state index is 14.5. The lowest BCUT2D eigenvalue weighted by molar-refractivity contribution is -0.142. The van der Waals surface area contributed by atoms with E-state index in [0.717, 1.165) is 10.9 Å². The number of sulfonamides is 1. The average molecular weight is 804 g/mol. The third kappa shape index (κ3) is 9.17. The predicted molar refractivity (Wildman–Crippen MR) is 210 cm³/mol. The number of amides is 4. The highest BCUT2D eigenvalue weighted by Crippen LogP contribution is 2.46. The summed E-state index contributed by atoms with van der Waals surface area (Å²) < 4.78 is 51.4. The highest BCUT2D eigenvalue weighted by molar-refractivity contribution is 7.91. The van der Waals surface area contributed by atoms with E-state index in [2.05, 4.69) is 15.4 Å². The van der Waals surface area contributed by atoms with Gasteiger partial charge in [0.25, 0.3) is 5.91 Å². The minimum atomic E-state index is -3.92. The second kappa shape index (κ2) is 16.0. The van der Waals surface area contributed by atoms with Gasteiger partial charge in [-0.15, -0.1) is 0 Å². The Hall–Kier alpha value is -5.22. The number of fused-ring (bicyclic) bond motifs is 3. The standard InChI is InChI=1S/C41H49N5O10S/c1-40(2,3)56-39(50)43-33-24-54-18-10-6-9-13-27-22-41(27,38(49)45-57(51,52)30-15-16-30)44-35(47)34-21-29(23-46(34)37(33)48)55-36-31-17-14-28(53-4)19-26(31)20-32(42-36)25-11-7-5-8-12-25/h5,7-9,11-14,17,19-20,27,29-30,33-34H,6,10,15-16,18,21-24H2,1-4H3,(H,43,50)(H,44,47)(H,45,49)/b13-9-/t27?,29?,33-,34-,41+/m0/s1. The number of aromatic nitrogens is 1. The van der Waals surface area contributed by atoms with E-state index in [4.69, 9.17) is 23.9 Å². The number of carbonyl (C=O) groups excluding carboxylic acids is 4. The van der Waals surface area contributed by atoms with E-state index < -0.39 is 74.3 Å². The van der Waals surface area contributed by atoms with Crippen molar-refractivity contribution in [1.29, 1.82) is 0 Å². The summed E-state index contributed by atoms with van der Waals surface area (Å²) in [7, 11) is -2.34. The van der Waals surface area contributed by atoms with Crippen LogP contribution in [0.25, 0.3) is 22.0 Å². The highest BCUT2D eigenvalue weighted by atomic mass is 32.2. The molecule has 1 aromatic heterocycles. The molecule has 4 aliphatic rings. The number of benzene rings is 2. The van der Waals surface area contributed by atoms with Crippen LogP contribution in [0.1, 0.15) is 59.3 Å². The van der Waals surface area contributed by atoms with Gasteiger partial charge in [-0.3, -0.25) is 19.1 Å². The zero-order valence-electron chi connectivity index (χ0n) is 32.5. The molecule has 15 nitrogen and oxygen atoms in total. The number of carbonyl (C=O) groups is 4. The number of nitrogens with zero attached hydrogens (tertiary/aromatic N) is 2. The van der Waals surface area contributed by atoms with Crippen LogP contribution in [0.15, 0.2) is 66.7 Å². The van der Waals surface area contributed by atoms with Gasteiger partial charge in [0.15, 0.2) is 0 Å². The van der Waals surface area contributed by atoms with Crippen LogP contribution < -0.4 is 24.8 Å². The number of alkyl carbamates (subject to hydrolysis) is 1. The van der Waals surface area contributed by atoms with Gasteiger partial charge in [0.2, 0.25) is 27.7 Å². The molecule has 2 saturated carbocycles. The van der Waals surface area contributed by atoms with Gasteiger partial charge in [0, 0.05) is 29.9 Å². The average Bonchev–Trinajstić information content (AvgIpc) is 4.09. The smallest absolute Gasteiger partial charge is 0.408 e. The Bertz CT molecular complexity index is 2170. The Morgan fingerprint density at radius 2 is 1.84 bits per heavy atom. The molecule has 5 atom stereocenters. The summed E-state index contributed by atoms with van der Waals surface area (Å²) in [6.07, 6.45) is 4.28. The number of ether oxygens (including phenoxy) is 4. The minimum Gasteiger partial charge on any atom is -0.497 e. The second-order valence-corrected chi connectivity index (χ2v) is 18.0. The molecule has 0 spiro atoms. The van der Waals surface area contributed by atoms with Crippen molar-refractivity contribution in [2.75, 3.05) is 26.9 Å². The molecule has 4 amide bonds. The number of hydrogen-bond donors (Lipinski definition) is 3. The Balaban J connectivity index is 1.23. The molecule has 0 bridgehead atoms. The molecule has 0 radical (unpaired) electrons. The summed E-state index contributed by atoms with van der Waals surface area (Å²) in [5.74, 6) is -1.68. The number of hydrogen-bond acceptors (Lipinski definition) is 11. The molecule has 2 unspecified atom stereocenters. The van der Waals surface area contributed by atoms with E-state index in [0.29, 0.717) is 42.5 Å². The first-order valence-electron chi connectivity index (χ1n) is 19.3. The Morgan fingerprint density at radius 1 is 1.07 bits per heavy atom. The molecule has 7 rings (SSSR count). The summed E-state index contributed by atoms with van der Waals surface area (Å²) in [4.78, 5) is 62.0. The van der Waals surface area contributed by atoms with E-state index in [9.17, 15) is 27.6 Å². The topological polar surface area (TPSA) is 192 Å². The van der Waals surface area contributed by atoms with Gasteiger partial charge in [-0.05, 0) is 82.5 Å². The molecule has 57 heavy (non-hydrogen) atoms. The molecule has 3 fully saturated rings. The van der Waals surface area contributed by atoms with E-state index in [-0.39, 0.29) is 38.5 Å². The molecule has 3 aromatic rings. The fourth-order valence-electron chi connectivity index (χ4n) is 7.27. The summed E-state index contributed by atoms with van der Waals surface area (Å²) in [6.45, 7) is 5.08. The summed E-state index contributed by atoms with van der Waals surface area (Å²) in [5.41, 5.74) is -0.924. The molecular weight excluding hydrogens is 755 g/mol. The number of nitrogens with one attached hydrogen (secondary N) is 3. The van der Waals surface area contributed by atoms with Crippen molar-refractivity contribution in [3.63, 3.8) is 0 Å². The van der Waals surface area contributed by atoms with Crippen LogP contribution in [0, 0.1) is 5.92 Å². The zero-order valence-corrected chi connectivity index (χ0v) is 33.3. The maximum atomic E-state index is 14.5. The van der Waals surface area contributed by atoms with Crippen molar-refractivity contribution in [2.45, 2.75) is 93.9 Å². The fourth-order valence-corrected chi connectivity index (χ4v) is 8.63. The van der Waals surface area contributed by atoms with Crippen LogP contribution >= 0.6 is 0 Å². The second-order valence-electron chi connectivity index (χ2n) is 16.0. The number of rotatable bonds is 8. The van der Waals surface area contributed by atoms with Crippen molar-refractivity contribution in [3.8, 4) is 22.9 Å². The largest absolute Gasteiger partial charge is 0.497 e. The molecular formula is C41H49N5O10S. The SMILES string of the molecule is COc1ccc2c(OC3C[C@H]4C(=O)N[C@]5(C(=O)NS(=O)(=O)C6CC6)CC5/C=C\CCCOC[C@H](NC(=O)OC(C)(C)C)C(=O)N4C3)nc(-c3ccccc3)cc2c1. The van der Waals surface area contributed by atoms with Gasteiger partial charge in [-0.25, -0.2) is 18.2 Å². The van der Waals surface area contributed by atoms with E-state index >= 15 is 0 Å². The maximum Gasteiger partial charge on any atom is 0.408 e. The quantitative estimate of drug-likeness (QED) is 0.279. The summed E-state index contributed by atoms with van der Waals surface area (Å²) >= 11 is 0. The van der Waals surface area contributed by atoms with Crippen molar-refractivity contribution < 1.29 is 46.5 Å². The Kier molecular flexibility index (Phi) is 11.2. The van der Waals surface area contributed by atoms with Gasteiger partial charge in [-0.1, -0.05) is 42.5 Å². The molecule has 304 valence electrons. The summed E-state index contributed by atoms with van der Waals surface area (Å²) in [5, 5.41) is 6.32. The normalized spacial score (nSPS) is 26.1. The number of allylic oxidation sites excluding steroid dienone is 1. The molecule has 2 aromatic carbocycles. The van der Waals surface area contributed by atoms with E-state index in [1.165, 1.54) is 4.90 Å². The molecule has 3 heterocycles. The Labute approximate surface area is 331 Å². The monoisotopic (exact) mass is 803 g/mol.